The molecule has 0 spiro atoms. The molecule has 0 aromatic heterocycles. The van der Waals surface area contributed by atoms with Gasteiger partial charge in [0.05, 0.1) is 13.7 Å². The van der Waals surface area contributed by atoms with E-state index in [4.69, 9.17) is 4.74 Å². The van der Waals surface area contributed by atoms with Gasteiger partial charge in [0.1, 0.15) is 5.75 Å². The van der Waals surface area contributed by atoms with Gasteiger partial charge in [-0.25, -0.2) is 4.79 Å². The third kappa shape index (κ3) is 8.44. The molecule has 0 N–H and O–H groups in total. The maximum Gasteiger partial charge on any atom is 0.330 e. The molecule has 128 valence electrons. The van der Waals surface area contributed by atoms with Crippen LogP contribution in [-0.4, -0.2) is 19.7 Å². The minimum absolute atomic E-state index is 0.358. The van der Waals surface area contributed by atoms with Crippen molar-refractivity contribution in [3.05, 3.63) is 35.9 Å². The van der Waals surface area contributed by atoms with E-state index in [0.717, 1.165) is 23.1 Å². The van der Waals surface area contributed by atoms with Crippen molar-refractivity contribution in [2.24, 2.45) is 11.8 Å². The van der Waals surface area contributed by atoms with Crippen molar-refractivity contribution in [2.45, 2.75) is 46.5 Å². The minimum atomic E-state index is -0.358. The average molecular weight is 318 g/mol. The van der Waals surface area contributed by atoms with Gasteiger partial charge >= 0.3 is 5.97 Å². The van der Waals surface area contributed by atoms with Crippen LogP contribution < -0.4 is 4.74 Å². The fraction of sp³-hybridized carbons (Fsp3) is 0.550. The Balaban J connectivity index is 0.000000277. The van der Waals surface area contributed by atoms with Gasteiger partial charge in [0.15, 0.2) is 0 Å². The SMILES string of the molecule is CC1CCC(C)CC1.CCOc1ccc(/C=C/C(=O)OC)cc1. The number of ether oxygens (including phenoxy) is 2. The van der Waals surface area contributed by atoms with Crippen LogP contribution >= 0.6 is 0 Å². The Morgan fingerprint density at radius 2 is 1.61 bits per heavy atom. The number of carbonyl (C=O) groups is 1. The van der Waals surface area contributed by atoms with Gasteiger partial charge in [0.25, 0.3) is 0 Å². The first kappa shape index (κ1) is 19.3. The van der Waals surface area contributed by atoms with Crippen molar-refractivity contribution in [3.63, 3.8) is 0 Å². The lowest BCUT2D eigenvalue weighted by atomic mass is 9.84. The summed E-state index contributed by atoms with van der Waals surface area (Å²) in [5.74, 6) is 2.51. The fourth-order valence-corrected chi connectivity index (χ4v) is 2.50. The molecule has 0 aliphatic heterocycles. The third-order valence-corrected chi connectivity index (χ3v) is 4.11. The maximum absolute atomic E-state index is 10.8. The molecule has 0 heterocycles. The molecule has 0 amide bonds. The zero-order chi connectivity index (χ0) is 17.1. The highest BCUT2D eigenvalue weighted by Crippen LogP contribution is 2.27. The summed E-state index contributed by atoms with van der Waals surface area (Å²) in [6.07, 6.45) is 8.97. The number of rotatable bonds is 4. The first-order chi connectivity index (χ1) is 11.0. The molecule has 0 unspecified atom stereocenters. The van der Waals surface area contributed by atoms with Crippen LogP contribution in [0, 0.1) is 11.8 Å². The quantitative estimate of drug-likeness (QED) is 0.572. The summed E-state index contributed by atoms with van der Waals surface area (Å²) < 4.78 is 9.78. The predicted octanol–water partition coefficient (Wildman–Crippen LogP) is 5.10. The molecule has 0 radical (unpaired) electrons. The molecule has 0 saturated heterocycles. The number of carbonyl (C=O) groups excluding carboxylic acids is 1. The minimum Gasteiger partial charge on any atom is -0.494 e. The molecule has 1 aromatic rings. The van der Waals surface area contributed by atoms with Crippen LogP contribution in [0.25, 0.3) is 6.08 Å². The number of hydrogen-bond donors (Lipinski definition) is 0. The summed E-state index contributed by atoms with van der Waals surface area (Å²) in [6.45, 7) is 7.32. The normalized spacial score (nSPS) is 20.5. The van der Waals surface area contributed by atoms with E-state index in [1.165, 1.54) is 38.9 Å². The second-order valence-electron chi connectivity index (χ2n) is 6.22. The van der Waals surface area contributed by atoms with Gasteiger partial charge in [-0.3, -0.25) is 0 Å². The molecule has 1 aliphatic carbocycles. The number of methoxy groups -OCH3 is 1. The zero-order valence-electron chi connectivity index (χ0n) is 14.9. The van der Waals surface area contributed by atoms with E-state index in [9.17, 15) is 4.79 Å². The summed E-state index contributed by atoms with van der Waals surface area (Å²) in [5.41, 5.74) is 0.934. The van der Waals surface area contributed by atoms with Crippen LogP contribution in [0.2, 0.25) is 0 Å². The van der Waals surface area contributed by atoms with Crippen LogP contribution in [0.1, 0.15) is 52.0 Å². The molecule has 1 aliphatic rings. The smallest absolute Gasteiger partial charge is 0.330 e. The summed E-state index contributed by atoms with van der Waals surface area (Å²) in [6, 6.07) is 7.48. The van der Waals surface area contributed by atoms with Crippen molar-refractivity contribution in [1.29, 1.82) is 0 Å². The second-order valence-corrected chi connectivity index (χ2v) is 6.22. The molecule has 0 atom stereocenters. The Hall–Kier alpha value is -1.77. The standard InChI is InChI=1S/C12H14O3.C8H16/c1-3-15-11-7-4-10(5-8-11)6-9-12(13)14-2;1-7-3-5-8(2)6-4-7/h4-9H,3H2,1-2H3;7-8H,3-6H2,1-2H3/b9-6+;. The topological polar surface area (TPSA) is 35.5 Å². The third-order valence-electron chi connectivity index (χ3n) is 4.11. The van der Waals surface area contributed by atoms with E-state index in [1.807, 2.05) is 31.2 Å². The average Bonchev–Trinajstić information content (AvgIpc) is 2.57. The predicted molar refractivity (Wildman–Crippen MR) is 95.5 cm³/mol. The first-order valence-electron chi connectivity index (χ1n) is 8.54. The van der Waals surface area contributed by atoms with Crippen LogP contribution in [-0.2, 0) is 9.53 Å². The van der Waals surface area contributed by atoms with E-state index in [1.54, 1.807) is 6.08 Å². The number of hydrogen-bond acceptors (Lipinski definition) is 3. The fourth-order valence-electron chi connectivity index (χ4n) is 2.50. The zero-order valence-corrected chi connectivity index (χ0v) is 14.9. The Kier molecular flexibility index (Phi) is 9.11. The van der Waals surface area contributed by atoms with Crippen LogP contribution in [0.4, 0.5) is 0 Å². The van der Waals surface area contributed by atoms with Crippen molar-refractivity contribution in [2.75, 3.05) is 13.7 Å². The van der Waals surface area contributed by atoms with Gasteiger partial charge in [-0.2, -0.15) is 0 Å². The Morgan fingerprint density at radius 3 is 2.04 bits per heavy atom. The Morgan fingerprint density at radius 1 is 1.09 bits per heavy atom. The highest BCUT2D eigenvalue weighted by molar-refractivity contribution is 5.86. The first-order valence-corrected chi connectivity index (χ1v) is 8.54. The molecule has 2 rings (SSSR count). The lowest BCUT2D eigenvalue weighted by molar-refractivity contribution is -0.134. The Bertz CT molecular complexity index is 458. The molecule has 3 nitrogen and oxygen atoms in total. The van der Waals surface area contributed by atoms with Crippen molar-refractivity contribution in [1.82, 2.24) is 0 Å². The van der Waals surface area contributed by atoms with Gasteiger partial charge in [-0.1, -0.05) is 51.7 Å². The van der Waals surface area contributed by atoms with Crippen LogP contribution in [0.3, 0.4) is 0 Å². The van der Waals surface area contributed by atoms with Crippen molar-refractivity contribution in [3.8, 4) is 5.75 Å². The molecule has 23 heavy (non-hydrogen) atoms. The van der Waals surface area contributed by atoms with Crippen molar-refractivity contribution >= 4 is 12.0 Å². The molecule has 1 saturated carbocycles. The highest BCUT2D eigenvalue weighted by atomic mass is 16.5. The van der Waals surface area contributed by atoms with E-state index >= 15 is 0 Å². The lowest BCUT2D eigenvalue weighted by Gasteiger charge is -2.22. The summed E-state index contributed by atoms with van der Waals surface area (Å²) in [4.78, 5) is 10.8. The monoisotopic (exact) mass is 318 g/mol. The molecule has 1 aromatic carbocycles. The number of esters is 1. The molecular weight excluding hydrogens is 288 g/mol. The molecule has 0 bridgehead atoms. The van der Waals surface area contributed by atoms with E-state index in [2.05, 4.69) is 18.6 Å². The van der Waals surface area contributed by atoms with Gasteiger partial charge < -0.3 is 9.47 Å². The van der Waals surface area contributed by atoms with Gasteiger partial charge in [-0.15, -0.1) is 0 Å². The molecule has 3 heteroatoms. The summed E-state index contributed by atoms with van der Waals surface area (Å²) >= 11 is 0. The highest BCUT2D eigenvalue weighted by Gasteiger charge is 2.13. The van der Waals surface area contributed by atoms with Gasteiger partial charge in [0.2, 0.25) is 0 Å². The van der Waals surface area contributed by atoms with Crippen LogP contribution in [0.5, 0.6) is 5.75 Å². The Labute approximate surface area is 140 Å². The van der Waals surface area contributed by atoms with E-state index in [0.29, 0.717) is 6.61 Å². The maximum atomic E-state index is 10.8. The summed E-state index contributed by atoms with van der Waals surface area (Å²) in [5, 5.41) is 0. The van der Waals surface area contributed by atoms with Crippen LogP contribution in [0.15, 0.2) is 30.3 Å². The van der Waals surface area contributed by atoms with Gasteiger partial charge in [0, 0.05) is 6.08 Å². The molecule has 1 fully saturated rings. The summed E-state index contributed by atoms with van der Waals surface area (Å²) in [7, 11) is 1.35. The molecular formula is C20H30O3. The second kappa shape index (κ2) is 10.9. The van der Waals surface area contributed by atoms with Gasteiger partial charge in [-0.05, 0) is 42.5 Å². The van der Waals surface area contributed by atoms with E-state index < -0.39 is 0 Å². The number of benzene rings is 1. The largest absolute Gasteiger partial charge is 0.494 e. The lowest BCUT2D eigenvalue weighted by Crippen LogP contribution is -2.08. The van der Waals surface area contributed by atoms with Crippen molar-refractivity contribution < 1.29 is 14.3 Å². The van der Waals surface area contributed by atoms with E-state index in [-0.39, 0.29) is 5.97 Å².